The van der Waals surface area contributed by atoms with Gasteiger partial charge in [-0.3, -0.25) is 0 Å². The van der Waals surface area contributed by atoms with E-state index in [0.29, 0.717) is 12.2 Å². The number of benzene rings is 1. The average Bonchev–Trinajstić information content (AvgIpc) is 2.45. The van der Waals surface area contributed by atoms with Crippen LogP contribution in [-0.2, 0) is 0 Å². The molecule has 1 aromatic rings. The molecule has 3 N–H and O–H groups in total. The molecule has 2 atom stereocenters. The minimum absolute atomic E-state index is 0.121. The predicted octanol–water partition coefficient (Wildman–Crippen LogP) is 2.44. The molecule has 1 aromatic carbocycles. The van der Waals surface area contributed by atoms with Crippen molar-refractivity contribution in [3.05, 3.63) is 30.1 Å². The molecule has 0 aliphatic carbocycles. The molecule has 0 aliphatic heterocycles. The second kappa shape index (κ2) is 8.58. The normalized spacial score (nSPS) is 14.8. The van der Waals surface area contributed by atoms with Crippen LogP contribution < -0.4 is 15.4 Å². The molecular weight excluding hydrogens is 287 g/mol. The zero-order valence-electron chi connectivity index (χ0n) is 13.4. The lowest BCUT2D eigenvalue weighted by atomic mass is 9.98. The maximum absolute atomic E-state index is 13.0. The van der Waals surface area contributed by atoms with Gasteiger partial charge in [-0.25, -0.2) is 9.18 Å². The van der Waals surface area contributed by atoms with E-state index in [-0.39, 0.29) is 31.1 Å². The second-order valence-corrected chi connectivity index (χ2v) is 5.69. The summed E-state index contributed by atoms with van der Waals surface area (Å²) in [7, 11) is 0. The molecule has 1 rings (SSSR count). The fourth-order valence-corrected chi connectivity index (χ4v) is 2.10. The van der Waals surface area contributed by atoms with Crippen LogP contribution in [0.3, 0.4) is 0 Å². The Bertz CT molecular complexity index is 484. The van der Waals surface area contributed by atoms with E-state index in [1.54, 1.807) is 26.0 Å². The summed E-state index contributed by atoms with van der Waals surface area (Å²) in [6.45, 7) is 5.72. The molecule has 6 heteroatoms. The van der Waals surface area contributed by atoms with E-state index < -0.39 is 5.54 Å². The third kappa shape index (κ3) is 6.30. The van der Waals surface area contributed by atoms with Gasteiger partial charge in [-0.05, 0) is 32.4 Å². The van der Waals surface area contributed by atoms with Gasteiger partial charge in [0.05, 0.1) is 18.7 Å². The summed E-state index contributed by atoms with van der Waals surface area (Å²) in [6.07, 6.45) is 1.24. The second-order valence-electron chi connectivity index (χ2n) is 5.69. The Balaban J connectivity index is 2.40. The van der Waals surface area contributed by atoms with Gasteiger partial charge in [0.15, 0.2) is 0 Å². The van der Waals surface area contributed by atoms with Crippen molar-refractivity contribution in [2.24, 2.45) is 0 Å². The number of aliphatic hydroxyl groups excluding tert-OH is 1. The van der Waals surface area contributed by atoms with E-state index in [0.717, 1.165) is 6.42 Å². The summed E-state index contributed by atoms with van der Waals surface area (Å²) >= 11 is 0. The van der Waals surface area contributed by atoms with E-state index in [1.165, 1.54) is 12.1 Å². The Morgan fingerprint density at radius 2 is 2.23 bits per heavy atom. The quantitative estimate of drug-likeness (QED) is 0.690. The number of carbonyl (C=O) groups is 1. The van der Waals surface area contributed by atoms with Gasteiger partial charge < -0.3 is 20.5 Å². The van der Waals surface area contributed by atoms with E-state index in [1.807, 2.05) is 6.92 Å². The summed E-state index contributed by atoms with van der Waals surface area (Å²) in [4.78, 5) is 11.9. The van der Waals surface area contributed by atoms with Crippen molar-refractivity contribution in [3.63, 3.8) is 0 Å². The highest BCUT2D eigenvalue weighted by Gasteiger charge is 2.24. The summed E-state index contributed by atoms with van der Waals surface area (Å²) in [6, 6.07) is 5.49. The van der Waals surface area contributed by atoms with Crippen LogP contribution in [0, 0.1) is 5.82 Å². The molecule has 0 heterocycles. The van der Waals surface area contributed by atoms with Gasteiger partial charge in [0.2, 0.25) is 0 Å². The zero-order valence-corrected chi connectivity index (χ0v) is 13.4. The van der Waals surface area contributed by atoms with Crippen molar-refractivity contribution in [2.45, 2.75) is 45.3 Å². The van der Waals surface area contributed by atoms with Gasteiger partial charge in [0.25, 0.3) is 0 Å². The van der Waals surface area contributed by atoms with E-state index in [4.69, 9.17) is 4.74 Å². The van der Waals surface area contributed by atoms with Gasteiger partial charge >= 0.3 is 6.03 Å². The molecule has 0 fully saturated rings. The van der Waals surface area contributed by atoms with Crippen molar-refractivity contribution < 1.29 is 19.0 Å². The van der Waals surface area contributed by atoms with Crippen LogP contribution in [0.1, 0.15) is 33.6 Å². The first-order valence-electron chi connectivity index (χ1n) is 7.47. The molecule has 0 aliphatic rings. The number of halogens is 1. The Kier molecular flexibility index (Phi) is 7.11. The Labute approximate surface area is 130 Å². The summed E-state index contributed by atoms with van der Waals surface area (Å²) in [5.41, 5.74) is -0.633. The third-order valence-electron chi connectivity index (χ3n) is 3.25. The average molecular weight is 312 g/mol. The lowest BCUT2D eigenvalue weighted by Gasteiger charge is -2.28. The summed E-state index contributed by atoms with van der Waals surface area (Å²) in [5, 5.41) is 14.8. The van der Waals surface area contributed by atoms with Crippen molar-refractivity contribution in [1.82, 2.24) is 10.6 Å². The SMILES string of the molecule is CCCC(C)(CO)NC(=O)NCC(C)Oc1cccc(F)c1. The third-order valence-corrected chi connectivity index (χ3v) is 3.25. The number of hydrogen-bond donors (Lipinski definition) is 3. The number of urea groups is 1. The first-order chi connectivity index (χ1) is 10.4. The van der Waals surface area contributed by atoms with E-state index >= 15 is 0 Å². The molecule has 2 amide bonds. The molecule has 124 valence electrons. The highest BCUT2D eigenvalue weighted by atomic mass is 19.1. The van der Waals surface area contributed by atoms with Gasteiger partial charge in [-0.2, -0.15) is 0 Å². The van der Waals surface area contributed by atoms with Crippen LogP contribution >= 0.6 is 0 Å². The molecule has 0 aromatic heterocycles. The fourth-order valence-electron chi connectivity index (χ4n) is 2.10. The molecule has 0 spiro atoms. The number of nitrogens with one attached hydrogen (secondary N) is 2. The lowest BCUT2D eigenvalue weighted by molar-refractivity contribution is 0.160. The Hall–Kier alpha value is -1.82. The number of hydrogen-bond acceptors (Lipinski definition) is 3. The summed E-state index contributed by atoms with van der Waals surface area (Å²) in [5.74, 6) is 0.0505. The van der Waals surface area contributed by atoms with Gasteiger partial charge in [0, 0.05) is 6.07 Å². The maximum atomic E-state index is 13.0. The molecule has 0 saturated heterocycles. The number of aliphatic hydroxyl groups is 1. The molecule has 22 heavy (non-hydrogen) atoms. The standard InChI is InChI=1S/C16H25FN2O3/c1-4-8-16(3,11-20)19-15(21)18-10-12(2)22-14-7-5-6-13(17)9-14/h5-7,9,12,20H,4,8,10-11H2,1-3H3,(H2,18,19,21). The first-order valence-corrected chi connectivity index (χ1v) is 7.47. The van der Waals surface area contributed by atoms with Crippen LogP contribution in [0.25, 0.3) is 0 Å². The largest absolute Gasteiger partial charge is 0.489 e. The molecule has 5 nitrogen and oxygen atoms in total. The van der Waals surface area contributed by atoms with Crippen LogP contribution in [0.4, 0.5) is 9.18 Å². The van der Waals surface area contributed by atoms with Crippen LogP contribution in [0.2, 0.25) is 0 Å². The highest BCUT2D eigenvalue weighted by molar-refractivity contribution is 5.74. The molecule has 0 radical (unpaired) electrons. The van der Waals surface area contributed by atoms with Crippen molar-refractivity contribution >= 4 is 6.03 Å². The van der Waals surface area contributed by atoms with E-state index in [9.17, 15) is 14.3 Å². The topological polar surface area (TPSA) is 70.6 Å². The highest BCUT2D eigenvalue weighted by Crippen LogP contribution is 2.13. The zero-order chi connectivity index (χ0) is 16.6. The molecule has 0 bridgehead atoms. The fraction of sp³-hybridized carbons (Fsp3) is 0.562. The van der Waals surface area contributed by atoms with Crippen LogP contribution in [0.5, 0.6) is 5.75 Å². The number of rotatable bonds is 8. The Morgan fingerprint density at radius 1 is 1.50 bits per heavy atom. The number of amides is 2. The van der Waals surface area contributed by atoms with Gasteiger partial charge in [-0.1, -0.05) is 19.4 Å². The van der Waals surface area contributed by atoms with E-state index in [2.05, 4.69) is 10.6 Å². The first kappa shape index (κ1) is 18.2. The molecule has 0 saturated carbocycles. The predicted molar refractivity (Wildman–Crippen MR) is 83.4 cm³/mol. The van der Waals surface area contributed by atoms with Crippen molar-refractivity contribution in [1.29, 1.82) is 0 Å². The van der Waals surface area contributed by atoms with Crippen molar-refractivity contribution in [3.8, 4) is 5.75 Å². The van der Waals surface area contributed by atoms with Crippen molar-refractivity contribution in [2.75, 3.05) is 13.2 Å². The monoisotopic (exact) mass is 312 g/mol. The lowest BCUT2D eigenvalue weighted by Crippen LogP contribution is -2.53. The van der Waals surface area contributed by atoms with Gasteiger partial charge in [-0.15, -0.1) is 0 Å². The maximum Gasteiger partial charge on any atom is 0.315 e. The minimum Gasteiger partial charge on any atom is -0.489 e. The number of carbonyl (C=O) groups excluding carboxylic acids is 1. The smallest absolute Gasteiger partial charge is 0.315 e. The molecular formula is C16H25FN2O3. The number of ether oxygens (including phenoxy) is 1. The molecule has 2 unspecified atom stereocenters. The van der Waals surface area contributed by atoms with Crippen LogP contribution in [-0.4, -0.2) is 35.9 Å². The summed E-state index contributed by atoms with van der Waals surface area (Å²) < 4.78 is 18.6. The Morgan fingerprint density at radius 3 is 2.82 bits per heavy atom. The van der Waals surface area contributed by atoms with Gasteiger partial charge in [0.1, 0.15) is 17.7 Å². The van der Waals surface area contributed by atoms with Crippen LogP contribution in [0.15, 0.2) is 24.3 Å². The minimum atomic E-state index is -0.633.